The minimum Gasteiger partial charge on any atom is -0.399 e. The lowest BCUT2D eigenvalue weighted by atomic mass is 9.78. The van der Waals surface area contributed by atoms with Crippen LogP contribution in [0.2, 0.25) is 0 Å². The Morgan fingerprint density at radius 3 is 2.42 bits per heavy atom. The molecule has 3 rings (SSSR count). The number of carbonyl (C=O) groups is 1. The first kappa shape index (κ1) is 21.2. The van der Waals surface area contributed by atoms with E-state index in [4.69, 9.17) is 9.31 Å². The number of rotatable bonds is 2. The molecule has 0 saturated carbocycles. The molecule has 1 unspecified atom stereocenters. The lowest BCUT2D eigenvalue weighted by Crippen LogP contribution is -2.51. The summed E-state index contributed by atoms with van der Waals surface area (Å²) in [4.78, 5) is 14.3. The van der Waals surface area contributed by atoms with E-state index in [2.05, 4.69) is 5.32 Å². The summed E-state index contributed by atoms with van der Waals surface area (Å²) >= 11 is 0. The monoisotopic (exact) mass is 384 g/mol. The molecule has 1 atom stereocenters. The fourth-order valence-corrected chi connectivity index (χ4v) is 3.12. The zero-order valence-corrected chi connectivity index (χ0v) is 16.8. The maximum Gasteiger partial charge on any atom is 0.494 e. The maximum absolute atomic E-state index is 14.6. The van der Waals surface area contributed by atoms with Gasteiger partial charge in [0.15, 0.2) is 0 Å². The summed E-state index contributed by atoms with van der Waals surface area (Å²) < 4.78 is 26.5. The number of piperazine rings is 1. The van der Waals surface area contributed by atoms with Gasteiger partial charge in [-0.3, -0.25) is 4.79 Å². The van der Waals surface area contributed by atoms with E-state index in [0.717, 1.165) is 6.54 Å². The molecule has 1 aromatic carbocycles. The average Bonchev–Trinajstić information content (AvgIpc) is 2.75. The van der Waals surface area contributed by atoms with E-state index in [1.54, 1.807) is 11.0 Å². The Bertz CT molecular complexity index is 670. The Hall–Kier alpha value is -1.15. The third-order valence-corrected chi connectivity index (χ3v) is 5.40. The molecule has 8 heteroatoms. The first-order valence-corrected chi connectivity index (χ1v) is 8.78. The summed E-state index contributed by atoms with van der Waals surface area (Å²) in [6.07, 6.45) is 0. The van der Waals surface area contributed by atoms with E-state index in [1.807, 2.05) is 34.6 Å². The lowest BCUT2D eigenvalue weighted by Gasteiger charge is -2.32. The molecule has 26 heavy (non-hydrogen) atoms. The van der Waals surface area contributed by atoms with Crippen LogP contribution in [-0.4, -0.2) is 54.8 Å². The molecule has 2 aliphatic heterocycles. The summed E-state index contributed by atoms with van der Waals surface area (Å²) in [5, 5.41) is 3.27. The molecule has 0 bridgehead atoms. The molecule has 5 nitrogen and oxygen atoms in total. The van der Waals surface area contributed by atoms with Crippen LogP contribution >= 0.6 is 12.4 Å². The average molecular weight is 385 g/mol. The van der Waals surface area contributed by atoms with E-state index in [-0.39, 0.29) is 29.9 Å². The minimum atomic E-state index is -0.636. The second-order valence-electron chi connectivity index (χ2n) is 7.93. The number of amides is 1. The van der Waals surface area contributed by atoms with Crippen molar-refractivity contribution in [2.75, 3.05) is 19.6 Å². The van der Waals surface area contributed by atoms with Crippen LogP contribution in [0.3, 0.4) is 0 Å². The normalized spacial score (nSPS) is 24.3. The number of nitrogens with one attached hydrogen (secondary N) is 1. The topological polar surface area (TPSA) is 50.8 Å². The first-order chi connectivity index (χ1) is 11.6. The largest absolute Gasteiger partial charge is 0.494 e. The van der Waals surface area contributed by atoms with Gasteiger partial charge in [-0.25, -0.2) is 4.39 Å². The van der Waals surface area contributed by atoms with Crippen LogP contribution in [0.4, 0.5) is 4.39 Å². The van der Waals surface area contributed by atoms with Crippen molar-refractivity contribution in [3.63, 3.8) is 0 Å². The Kier molecular flexibility index (Phi) is 6.08. The van der Waals surface area contributed by atoms with Gasteiger partial charge in [-0.1, -0.05) is 6.07 Å². The molecular weight excluding hydrogens is 357 g/mol. The van der Waals surface area contributed by atoms with E-state index >= 15 is 0 Å². The molecule has 1 aromatic rings. The van der Waals surface area contributed by atoms with E-state index in [9.17, 15) is 9.18 Å². The smallest absolute Gasteiger partial charge is 0.399 e. The van der Waals surface area contributed by atoms with Gasteiger partial charge in [0.25, 0.3) is 5.91 Å². The van der Waals surface area contributed by atoms with Crippen molar-refractivity contribution in [3.8, 4) is 0 Å². The SMILES string of the molecule is CC1CN(C(=O)c2ccc(B3OC(C)(C)C(C)(C)O3)cc2F)CCN1.Cl. The standard InChI is InChI=1S/C18H26BFN2O3.ClH/c1-12-11-22(9-8-21-12)16(23)14-7-6-13(10-15(14)20)19-24-17(2,3)18(4,5)25-19;/h6-7,10,12,21H,8-9,11H2,1-5H3;1H. The Morgan fingerprint density at radius 1 is 1.27 bits per heavy atom. The van der Waals surface area contributed by atoms with Crippen LogP contribution in [0.5, 0.6) is 0 Å². The van der Waals surface area contributed by atoms with Crippen molar-refractivity contribution in [2.45, 2.75) is 51.9 Å². The van der Waals surface area contributed by atoms with Crippen molar-refractivity contribution in [1.82, 2.24) is 10.2 Å². The van der Waals surface area contributed by atoms with Gasteiger partial charge in [0.1, 0.15) is 5.82 Å². The predicted molar refractivity (Wildman–Crippen MR) is 103 cm³/mol. The zero-order chi connectivity index (χ0) is 18.4. The van der Waals surface area contributed by atoms with Crippen molar-refractivity contribution in [3.05, 3.63) is 29.6 Å². The van der Waals surface area contributed by atoms with Gasteiger partial charge in [-0.05, 0) is 52.2 Å². The summed E-state index contributed by atoms with van der Waals surface area (Å²) in [6, 6.07) is 4.81. The molecule has 2 saturated heterocycles. The fraction of sp³-hybridized carbons (Fsp3) is 0.611. The minimum absolute atomic E-state index is 0. The molecule has 0 aromatic heterocycles. The van der Waals surface area contributed by atoms with E-state index in [1.165, 1.54) is 12.1 Å². The van der Waals surface area contributed by atoms with Crippen LogP contribution in [-0.2, 0) is 9.31 Å². The molecule has 2 heterocycles. The molecule has 0 aliphatic carbocycles. The van der Waals surface area contributed by atoms with Crippen molar-refractivity contribution in [2.24, 2.45) is 0 Å². The molecule has 0 radical (unpaired) electrons. The van der Waals surface area contributed by atoms with Crippen molar-refractivity contribution in [1.29, 1.82) is 0 Å². The number of halogens is 2. The summed E-state index contributed by atoms with van der Waals surface area (Å²) in [5.74, 6) is -0.810. The van der Waals surface area contributed by atoms with Crippen LogP contribution in [0.25, 0.3) is 0 Å². The number of nitrogens with zero attached hydrogens (tertiary/aromatic N) is 1. The molecule has 0 spiro atoms. The van der Waals surface area contributed by atoms with Gasteiger partial charge in [-0.15, -0.1) is 12.4 Å². The summed E-state index contributed by atoms with van der Waals surface area (Å²) in [6.45, 7) is 11.7. The zero-order valence-electron chi connectivity index (χ0n) is 16.0. The van der Waals surface area contributed by atoms with Gasteiger partial charge in [0.2, 0.25) is 0 Å². The molecule has 2 fully saturated rings. The number of hydrogen-bond acceptors (Lipinski definition) is 4. The lowest BCUT2D eigenvalue weighted by molar-refractivity contribution is 0.00578. The number of hydrogen-bond donors (Lipinski definition) is 1. The molecule has 1 N–H and O–H groups in total. The van der Waals surface area contributed by atoms with Crippen LogP contribution in [0, 0.1) is 5.82 Å². The third kappa shape index (κ3) is 3.91. The Morgan fingerprint density at radius 2 is 1.88 bits per heavy atom. The summed E-state index contributed by atoms with van der Waals surface area (Å²) in [7, 11) is -0.636. The van der Waals surface area contributed by atoms with Gasteiger partial charge < -0.3 is 19.5 Å². The first-order valence-electron chi connectivity index (χ1n) is 8.78. The highest BCUT2D eigenvalue weighted by molar-refractivity contribution is 6.62. The Labute approximate surface area is 161 Å². The summed E-state index contributed by atoms with van der Waals surface area (Å²) in [5.41, 5.74) is -0.296. The van der Waals surface area contributed by atoms with Crippen molar-refractivity contribution >= 4 is 30.9 Å². The second kappa shape index (κ2) is 7.47. The van der Waals surface area contributed by atoms with Gasteiger partial charge in [0, 0.05) is 25.7 Å². The molecular formula is C18H27BClFN2O3. The van der Waals surface area contributed by atoms with Gasteiger partial charge in [-0.2, -0.15) is 0 Å². The van der Waals surface area contributed by atoms with Crippen LogP contribution in [0.15, 0.2) is 18.2 Å². The molecule has 2 aliphatic rings. The van der Waals surface area contributed by atoms with Gasteiger partial charge in [0.05, 0.1) is 16.8 Å². The Balaban J connectivity index is 0.00000243. The van der Waals surface area contributed by atoms with Crippen molar-refractivity contribution < 1.29 is 18.5 Å². The second-order valence-corrected chi connectivity index (χ2v) is 7.93. The molecule has 1 amide bonds. The molecule has 144 valence electrons. The van der Waals surface area contributed by atoms with E-state index < -0.39 is 24.1 Å². The van der Waals surface area contributed by atoms with E-state index in [0.29, 0.717) is 18.6 Å². The maximum atomic E-state index is 14.6. The predicted octanol–water partition coefficient (Wildman–Crippen LogP) is 1.98. The highest BCUT2D eigenvalue weighted by Gasteiger charge is 2.51. The van der Waals surface area contributed by atoms with Gasteiger partial charge >= 0.3 is 7.12 Å². The number of benzene rings is 1. The van der Waals surface area contributed by atoms with Crippen LogP contribution in [0.1, 0.15) is 45.0 Å². The number of carbonyl (C=O) groups excluding carboxylic acids is 1. The quantitative estimate of drug-likeness (QED) is 0.792. The third-order valence-electron chi connectivity index (χ3n) is 5.40. The van der Waals surface area contributed by atoms with Crippen LogP contribution < -0.4 is 10.8 Å². The highest BCUT2D eigenvalue weighted by atomic mass is 35.5. The highest BCUT2D eigenvalue weighted by Crippen LogP contribution is 2.36. The fourth-order valence-electron chi connectivity index (χ4n) is 3.12.